The van der Waals surface area contributed by atoms with Crippen LogP contribution in [0.15, 0.2) is 4.99 Å². The Kier molecular flexibility index (Phi) is 5.54. The highest BCUT2D eigenvalue weighted by atomic mass is 127. The van der Waals surface area contributed by atoms with Crippen LogP contribution in [0.1, 0.15) is 46.0 Å². The maximum absolute atomic E-state index is 6.08. The number of guanidine groups is 1. The molecule has 0 spiro atoms. The Morgan fingerprint density at radius 1 is 1.47 bits per heavy atom. The van der Waals surface area contributed by atoms with E-state index in [1.54, 1.807) is 0 Å². The third-order valence-electron chi connectivity index (χ3n) is 4.26. The van der Waals surface area contributed by atoms with E-state index in [1.807, 2.05) is 0 Å². The van der Waals surface area contributed by atoms with Gasteiger partial charge >= 0.3 is 0 Å². The zero-order valence-electron chi connectivity index (χ0n) is 11.1. The first-order chi connectivity index (χ1) is 7.65. The lowest BCUT2D eigenvalue weighted by Crippen LogP contribution is -2.43. The molecule has 1 atom stereocenters. The molecule has 3 nitrogen and oxygen atoms in total. The first kappa shape index (κ1) is 15.1. The van der Waals surface area contributed by atoms with E-state index in [4.69, 9.17) is 5.73 Å². The Balaban J connectivity index is 0.00000144. The van der Waals surface area contributed by atoms with Crippen LogP contribution in [0.4, 0.5) is 0 Å². The third kappa shape index (κ3) is 4.00. The maximum Gasteiger partial charge on any atom is 0.191 e. The van der Waals surface area contributed by atoms with E-state index in [0.717, 1.165) is 31.5 Å². The van der Waals surface area contributed by atoms with Gasteiger partial charge in [0.05, 0.1) is 0 Å². The molecule has 1 saturated carbocycles. The molecule has 1 aliphatic heterocycles. The van der Waals surface area contributed by atoms with Gasteiger partial charge in [-0.05, 0) is 43.4 Å². The summed E-state index contributed by atoms with van der Waals surface area (Å²) in [4.78, 5) is 6.87. The highest BCUT2D eigenvalue weighted by Gasteiger charge is 2.40. The van der Waals surface area contributed by atoms with Crippen molar-refractivity contribution in [1.82, 2.24) is 4.90 Å². The summed E-state index contributed by atoms with van der Waals surface area (Å²) in [6, 6.07) is 0. The monoisotopic (exact) mass is 351 g/mol. The number of halogens is 1. The van der Waals surface area contributed by atoms with Crippen molar-refractivity contribution in [3.05, 3.63) is 0 Å². The van der Waals surface area contributed by atoms with Crippen LogP contribution in [0.5, 0.6) is 0 Å². The molecule has 1 aliphatic carbocycles. The lowest BCUT2D eigenvalue weighted by molar-refractivity contribution is 0.269. The molecule has 1 saturated heterocycles. The SMILES string of the molecule is CCC1(CN=C(N)N2CCCC(C)C2)CC1.I. The first-order valence-corrected chi connectivity index (χ1v) is 6.70. The van der Waals surface area contributed by atoms with E-state index in [1.165, 1.54) is 32.1 Å². The van der Waals surface area contributed by atoms with Crippen molar-refractivity contribution in [2.75, 3.05) is 19.6 Å². The Morgan fingerprint density at radius 2 is 2.18 bits per heavy atom. The molecule has 2 aliphatic rings. The van der Waals surface area contributed by atoms with Crippen LogP contribution in [-0.2, 0) is 0 Å². The zero-order valence-corrected chi connectivity index (χ0v) is 13.4. The second kappa shape index (κ2) is 6.25. The number of piperidine rings is 1. The van der Waals surface area contributed by atoms with Crippen molar-refractivity contribution < 1.29 is 0 Å². The molecule has 0 amide bonds. The predicted molar refractivity (Wildman–Crippen MR) is 83.8 cm³/mol. The number of nitrogens with two attached hydrogens (primary N) is 1. The van der Waals surface area contributed by atoms with Gasteiger partial charge in [0.25, 0.3) is 0 Å². The lowest BCUT2D eigenvalue weighted by atomic mass is 10.0. The second-order valence-electron chi connectivity index (χ2n) is 5.72. The van der Waals surface area contributed by atoms with Gasteiger partial charge in [-0.25, -0.2) is 0 Å². The van der Waals surface area contributed by atoms with E-state index < -0.39 is 0 Å². The van der Waals surface area contributed by atoms with Crippen LogP contribution in [0.25, 0.3) is 0 Å². The van der Waals surface area contributed by atoms with E-state index >= 15 is 0 Å². The molecule has 0 aromatic rings. The average molecular weight is 351 g/mol. The minimum Gasteiger partial charge on any atom is -0.370 e. The molecule has 2 N–H and O–H groups in total. The lowest BCUT2D eigenvalue weighted by Gasteiger charge is -2.31. The summed E-state index contributed by atoms with van der Waals surface area (Å²) in [5.41, 5.74) is 6.60. The van der Waals surface area contributed by atoms with Gasteiger partial charge in [-0.1, -0.05) is 13.8 Å². The fourth-order valence-electron chi connectivity index (χ4n) is 2.55. The predicted octanol–water partition coefficient (Wildman–Crippen LogP) is 2.84. The largest absolute Gasteiger partial charge is 0.370 e. The molecule has 2 rings (SSSR count). The summed E-state index contributed by atoms with van der Waals surface area (Å²) in [6.45, 7) is 7.70. The Bertz CT molecular complexity index is 274. The summed E-state index contributed by atoms with van der Waals surface area (Å²) < 4.78 is 0. The molecule has 100 valence electrons. The quantitative estimate of drug-likeness (QED) is 0.483. The van der Waals surface area contributed by atoms with E-state index in [9.17, 15) is 0 Å². The normalized spacial score (nSPS) is 27.5. The topological polar surface area (TPSA) is 41.6 Å². The van der Waals surface area contributed by atoms with Crippen molar-refractivity contribution in [2.45, 2.75) is 46.0 Å². The van der Waals surface area contributed by atoms with Crippen molar-refractivity contribution in [3.63, 3.8) is 0 Å². The summed E-state index contributed by atoms with van der Waals surface area (Å²) in [6.07, 6.45) is 6.53. The van der Waals surface area contributed by atoms with Crippen molar-refractivity contribution in [1.29, 1.82) is 0 Å². The zero-order chi connectivity index (χ0) is 11.6. The van der Waals surface area contributed by atoms with Gasteiger partial charge in [0.1, 0.15) is 0 Å². The molecule has 1 heterocycles. The number of likely N-dealkylation sites (tertiary alicyclic amines) is 1. The fourth-order valence-corrected chi connectivity index (χ4v) is 2.55. The van der Waals surface area contributed by atoms with Gasteiger partial charge in [-0.15, -0.1) is 24.0 Å². The van der Waals surface area contributed by atoms with Crippen LogP contribution in [0, 0.1) is 11.3 Å². The molecule has 0 radical (unpaired) electrons. The number of aliphatic imine (C=N–C) groups is 1. The van der Waals surface area contributed by atoms with Crippen molar-refractivity contribution in [2.24, 2.45) is 22.1 Å². The van der Waals surface area contributed by atoms with Gasteiger partial charge in [0.2, 0.25) is 0 Å². The fraction of sp³-hybridized carbons (Fsp3) is 0.923. The van der Waals surface area contributed by atoms with Crippen LogP contribution < -0.4 is 5.73 Å². The number of nitrogens with zero attached hydrogens (tertiary/aromatic N) is 2. The molecule has 17 heavy (non-hydrogen) atoms. The van der Waals surface area contributed by atoms with Crippen LogP contribution in [-0.4, -0.2) is 30.5 Å². The summed E-state index contributed by atoms with van der Waals surface area (Å²) in [5.74, 6) is 1.55. The molecule has 0 aromatic heterocycles. The van der Waals surface area contributed by atoms with Gasteiger partial charge in [0, 0.05) is 19.6 Å². The van der Waals surface area contributed by atoms with Gasteiger partial charge in [-0.2, -0.15) is 0 Å². The Labute approximate surface area is 122 Å². The Hall–Kier alpha value is 0. The summed E-state index contributed by atoms with van der Waals surface area (Å²) in [5, 5.41) is 0. The van der Waals surface area contributed by atoms with E-state index in [0.29, 0.717) is 5.41 Å². The molecular weight excluding hydrogens is 325 g/mol. The highest BCUT2D eigenvalue weighted by Crippen LogP contribution is 2.48. The number of hydrogen-bond donors (Lipinski definition) is 1. The highest BCUT2D eigenvalue weighted by molar-refractivity contribution is 14.0. The molecule has 0 aromatic carbocycles. The van der Waals surface area contributed by atoms with Gasteiger partial charge in [0.15, 0.2) is 5.96 Å². The van der Waals surface area contributed by atoms with Crippen LogP contribution in [0.3, 0.4) is 0 Å². The molecular formula is C13H26IN3. The van der Waals surface area contributed by atoms with Gasteiger partial charge in [-0.3, -0.25) is 4.99 Å². The number of hydrogen-bond acceptors (Lipinski definition) is 1. The first-order valence-electron chi connectivity index (χ1n) is 6.70. The summed E-state index contributed by atoms with van der Waals surface area (Å²) >= 11 is 0. The molecule has 2 fully saturated rings. The number of rotatable bonds is 3. The minimum atomic E-state index is 0. The molecule has 4 heteroatoms. The van der Waals surface area contributed by atoms with Crippen molar-refractivity contribution in [3.8, 4) is 0 Å². The summed E-state index contributed by atoms with van der Waals surface area (Å²) in [7, 11) is 0. The van der Waals surface area contributed by atoms with Crippen LogP contribution >= 0.6 is 24.0 Å². The maximum atomic E-state index is 6.08. The van der Waals surface area contributed by atoms with Crippen molar-refractivity contribution >= 4 is 29.9 Å². The second-order valence-corrected chi connectivity index (χ2v) is 5.72. The molecule has 1 unspecified atom stereocenters. The van der Waals surface area contributed by atoms with E-state index in [2.05, 4.69) is 23.7 Å². The van der Waals surface area contributed by atoms with Gasteiger partial charge < -0.3 is 10.6 Å². The average Bonchev–Trinajstić information content (AvgIpc) is 3.07. The molecule has 0 bridgehead atoms. The smallest absolute Gasteiger partial charge is 0.191 e. The van der Waals surface area contributed by atoms with Crippen LogP contribution in [0.2, 0.25) is 0 Å². The Morgan fingerprint density at radius 3 is 2.71 bits per heavy atom. The standard InChI is InChI=1S/C13H25N3.HI/c1-3-13(6-7-13)10-15-12(14)16-8-4-5-11(2)9-16;/h11H,3-10H2,1-2H3,(H2,14,15);1H. The third-order valence-corrected chi connectivity index (χ3v) is 4.26. The van der Waals surface area contributed by atoms with E-state index in [-0.39, 0.29) is 24.0 Å². The minimum absolute atomic E-state index is 0.